The van der Waals surface area contributed by atoms with Gasteiger partial charge in [0.15, 0.2) is 17.3 Å². The third-order valence-electron chi connectivity index (χ3n) is 5.47. The lowest BCUT2D eigenvalue weighted by molar-refractivity contribution is 0.0588. The van der Waals surface area contributed by atoms with Crippen LogP contribution < -0.4 is 5.32 Å². The molecule has 1 fully saturated rings. The lowest BCUT2D eigenvalue weighted by Gasteiger charge is -2.34. The number of aromatic amines is 1. The summed E-state index contributed by atoms with van der Waals surface area (Å²) in [6.07, 6.45) is 5.95. The monoisotopic (exact) mass is 468 g/mol. The van der Waals surface area contributed by atoms with Gasteiger partial charge in [-0.25, -0.2) is 8.78 Å². The highest BCUT2D eigenvalue weighted by Crippen LogP contribution is 2.25. The van der Waals surface area contributed by atoms with E-state index in [1.54, 1.807) is 0 Å². The third-order valence-corrected chi connectivity index (χ3v) is 5.78. The Bertz CT molecular complexity index is 947. The number of rotatable bonds is 9. The van der Waals surface area contributed by atoms with Crippen LogP contribution in [0, 0.1) is 11.6 Å². The first-order chi connectivity index (χ1) is 15.4. The van der Waals surface area contributed by atoms with E-state index >= 15 is 0 Å². The summed E-state index contributed by atoms with van der Waals surface area (Å²) in [5.74, 6) is -3.16. The van der Waals surface area contributed by atoms with Gasteiger partial charge in [-0.3, -0.25) is 14.7 Å². The Morgan fingerprint density at radius 2 is 1.94 bits per heavy atom. The molecule has 1 saturated carbocycles. The third kappa shape index (κ3) is 6.04. The van der Waals surface area contributed by atoms with Crippen LogP contribution in [0.2, 0.25) is 5.02 Å². The molecule has 1 aliphatic rings. The van der Waals surface area contributed by atoms with E-state index in [9.17, 15) is 18.4 Å². The van der Waals surface area contributed by atoms with Gasteiger partial charge >= 0.3 is 0 Å². The fourth-order valence-electron chi connectivity index (χ4n) is 3.85. The number of carbonyl (C=O) groups excluding carboxylic acids is 2. The Hall–Kier alpha value is -2.52. The smallest absolute Gasteiger partial charge is 0.274 e. The van der Waals surface area contributed by atoms with Gasteiger partial charge in [0.05, 0.1) is 10.6 Å². The van der Waals surface area contributed by atoms with Gasteiger partial charge in [0.2, 0.25) is 0 Å². The Balaban J connectivity index is 1.70. The highest BCUT2D eigenvalue weighted by atomic mass is 35.5. The van der Waals surface area contributed by atoms with Crippen molar-refractivity contribution < 1.29 is 23.1 Å². The van der Waals surface area contributed by atoms with Crippen LogP contribution in [0.4, 0.5) is 14.6 Å². The van der Waals surface area contributed by atoms with Crippen molar-refractivity contribution >= 4 is 29.2 Å². The molecule has 174 valence electrons. The van der Waals surface area contributed by atoms with Gasteiger partial charge in [-0.15, -0.1) is 0 Å². The van der Waals surface area contributed by atoms with Crippen molar-refractivity contribution in [2.45, 2.75) is 51.5 Å². The molecule has 0 bridgehead atoms. The van der Waals surface area contributed by atoms with E-state index in [0.717, 1.165) is 44.2 Å². The molecule has 7 nitrogen and oxygen atoms in total. The summed E-state index contributed by atoms with van der Waals surface area (Å²) in [4.78, 5) is 27.5. The number of hydrogen-bond acceptors (Lipinski definition) is 4. The van der Waals surface area contributed by atoms with Crippen molar-refractivity contribution in [2.75, 3.05) is 25.1 Å². The van der Waals surface area contributed by atoms with Gasteiger partial charge in [-0.2, -0.15) is 5.10 Å². The van der Waals surface area contributed by atoms with E-state index in [-0.39, 0.29) is 34.0 Å². The first kappa shape index (κ1) is 24.1. The molecule has 10 heteroatoms. The largest absolute Gasteiger partial charge is 0.382 e. The normalized spacial score (nSPS) is 14.4. The fourth-order valence-corrected chi connectivity index (χ4v) is 4.09. The summed E-state index contributed by atoms with van der Waals surface area (Å²) >= 11 is 5.85. The molecule has 0 atom stereocenters. The number of benzene rings is 1. The lowest BCUT2D eigenvalue weighted by atomic mass is 9.94. The molecule has 1 aromatic carbocycles. The van der Waals surface area contributed by atoms with Crippen LogP contribution in [-0.2, 0) is 4.74 Å². The van der Waals surface area contributed by atoms with Crippen molar-refractivity contribution in [2.24, 2.45) is 0 Å². The number of H-pyrrole nitrogens is 1. The molecule has 0 saturated heterocycles. The minimum atomic E-state index is -1.18. The number of anilines is 1. The summed E-state index contributed by atoms with van der Waals surface area (Å²) in [6.45, 7) is 3.69. The van der Waals surface area contributed by atoms with Gasteiger partial charge in [-0.1, -0.05) is 30.9 Å². The maximum atomic E-state index is 13.5. The topological polar surface area (TPSA) is 87.3 Å². The van der Waals surface area contributed by atoms with E-state index in [1.807, 2.05) is 11.8 Å². The maximum absolute atomic E-state index is 13.5. The molecule has 2 amide bonds. The molecular formula is C22H27ClF2N4O3. The van der Waals surface area contributed by atoms with Gasteiger partial charge in [-0.05, 0) is 38.3 Å². The van der Waals surface area contributed by atoms with Crippen LogP contribution in [-0.4, -0.2) is 52.7 Å². The Morgan fingerprint density at radius 3 is 2.66 bits per heavy atom. The van der Waals surface area contributed by atoms with Crippen LogP contribution >= 0.6 is 11.6 Å². The zero-order valence-corrected chi connectivity index (χ0v) is 18.7. The highest BCUT2D eigenvalue weighted by molar-refractivity contribution is 6.34. The summed E-state index contributed by atoms with van der Waals surface area (Å²) in [5, 5.41) is 8.90. The standard InChI is InChI=1S/C22H27ClF2N4O3/c1-2-32-10-6-9-29(14-7-4-3-5-8-14)22(31)19-13-20(28-27-19)26-21(30)15-11-17(24)18(25)12-16(15)23/h11-14H,2-10H2,1H3,(H2,26,27,28,30). The number of hydrogen-bond donors (Lipinski definition) is 2. The van der Waals surface area contributed by atoms with Crippen LogP contribution in [0.1, 0.15) is 66.3 Å². The van der Waals surface area contributed by atoms with E-state index in [2.05, 4.69) is 15.5 Å². The Morgan fingerprint density at radius 1 is 1.22 bits per heavy atom. The number of ether oxygens (including phenoxy) is 1. The average Bonchev–Trinajstić information content (AvgIpc) is 3.25. The fraction of sp³-hybridized carbons (Fsp3) is 0.500. The minimum Gasteiger partial charge on any atom is -0.382 e. The van der Waals surface area contributed by atoms with Gasteiger partial charge in [0.25, 0.3) is 11.8 Å². The first-order valence-corrected chi connectivity index (χ1v) is 11.2. The van der Waals surface area contributed by atoms with E-state index < -0.39 is 17.5 Å². The predicted octanol–water partition coefficient (Wildman–Crippen LogP) is 4.80. The van der Waals surface area contributed by atoms with Crippen LogP contribution in [0.3, 0.4) is 0 Å². The van der Waals surface area contributed by atoms with Crippen molar-refractivity contribution in [3.63, 3.8) is 0 Å². The molecular weight excluding hydrogens is 442 g/mol. The second kappa shape index (κ2) is 11.4. The van der Waals surface area contributed by atoms with Crippen molar-refractivity contribution in [1.29, 1.82) is 0 Å². The summed E-state index contributed by atoms with van der Waals surface area (Å²) < 4.78 is 32.1. The molecule has 0 spiro atoms. The number of nitrogens with zero attached hydrogens (tertiary/aromatic N) is 2. The lowest BCUT2D eigenvalue weighted by Crippen LogP contribution is -2.42. The molecule has 0 aliphatic heterocycles. The van der Waals surface area contributed by atoms with Gasteiger partial charge in [0.1, 0.15) is 5.82 Å². The highest BCUT2D eigenvalue weighted by Gasteiger charge is 2.27. The molecule has 32 heavy (non-hydrogen) atoms. The van der Waals surface area contributed by atoms with Crippen molar-refractivity contribution in [3.8, 4) is 0 Å². The molecule has 1 aromatic heterocycles. The number of halogens is 3. The van der Waals surface area contributed by atoms with Crippen molar-refractivity contribution in [1.82, 2.24) is 15.1 Å². The molecule has 2 aromatic rings. The molecule has 3 rings (SSSR count). The quantitative estimate of drug-likeness (QED) is 0.409. The van der Waals surface area contributed by atoms with Crippen LogP contribution in [0.5, 0.6) is 0 Å². The average molecular weight is 469 g/mol. The maximum Gasteiger partial charge on any atom is 0.274 e. The molecule has 0 radical (unpaired) electrons. The summed E-state index contributed by atoms with van der Waals surface area (Å²) in [5.41, 5.74) is -0.0635. The van der Waals surface area contributed by atoms with Crippen LogP contribution in [0.25, 0.3) is 0 Å². The molecule has 0 unspecified atom stereocenters. The zero-order valence-electron chi connectivity index (χ0n) is 17.9. The second-order valence-corrected chi connectivity index (χ2v) is 8.12. The Kier molecular flexibility index (Phi) is 8.58. The molecule has 1 aliphatic carbocycles. The number of nitrogens with one attached hydrogen (secondary N) is 2. The Labute approximate surface area is 190 Å². The molecule has 2 N–H and O–H groups in total. The number of amides is 2. The van der Waals surface area contributed by atoms with Crippen LogP contribution in [0.15, 0.2) is 18.2 Å². The van der Waals surface area contributed by atoms with E-state index in [4.69, 9.17) is 16.3 Å². The molecule has 1 heterocycles. The van der Waals surface area contributed by atoms with E-state index in [0.29, 0.717) is 19.8 Å². The van der Waals surface area contributed by atoms with Gasteiger partial charge in [0, 0.05) is 31.9 Å². The first-order valence-electron chi connectivity index (χ1n) is 10.8. The summed E-state index contributed by atoms with van der Waals surface area (Å²) in [6, 6.07) is 3.02. The minimum absolute atomic E-state index is 0.147. The summed E-state index contributed by atoms with van der Waals surface area (Å²) in [7, 11) is 0. The van der Waals surface area contributed by atoms with Crippen molar-refractivity contribution in [3.05, 3.63) is 46.1 Å². The predicted molar refractivity (Wildman–Crippen MR) is 117 cm³/mol. The van der Waals surface area contributed by atoms with Gasteiger partial charge < -0.3 is 15.0 Å². The number of carbonyl (C=O) groups is 2. The zero-order chi connectivity index (χ0) is 23.1. The SMILES string of the molecule is CCOCCCN(C(=O)c1cc(NC(=O)c2cc(F)c(F)cc2Cl)[nH]n1)C1CCCCC1. The second-order valence-electron chi connectivity index (χ2n) is 7.71. The number of aromatic nitrogens is 2. The van der Waals surface area contributed by atoms with E-state index in [1.165, 1.54) is 12.5 Å².